The van der Waals surface area contributed by atoms with Crippen molar-refractivity contribution >= 4 is 33.3 Å². The number of halogens is 3. The van der Waals surface area contributed by atoms with Crippen LogP contribution >= 0.6 is 11.3 Å². The molecule has 1 saturated heterocycles. The van der Waals surface area contributed by atoms with E-state index in [0.29, 0.717) is 24.4 Å². The van der Waals surface area contributed by atoms with Crippen molar-refractivity contribution in [2.24, 2.45) is 0 Å². The lowest BCUT2D eigenvalue weighted by molar-refractivity contribution is -0.147. The van der Waals surface area contributed by atoms with Crippen molar-refractivity contribution in [2.45, 2.75) is 51.5 Å². The van der Waals surface area contributed by atoms with Crippen LogP contribution in [0.25, 0.3) is 10.2 Å². The second-order valence-electron chi connectivity index (χ2n) is 8.26. The number of fused-ring (bicyclic) bond motifs is 2. The number of rotatable bonds is 5. The van der Waals surface area contributed by atoms with Crippen molar-refractivity contribution < 1.29 is 13.2 Å². The second-order valence-corrected chi connectivity index (χ2v) is 9.38. The van der Waals surface area contributed by atoms with E-state index in [9.17, 15) is 13.2 Å². The molecule has 1 unspecified atom stereocenters. The Morgan fingerprint density at radius 3 is 2.72 bits per heavy atom. The zero-order valence-corrected chi connectivity index (χ0v) is 18.8. The van der Waals surface area contributed by atoms with Crippen molar-refractivity contribution in [1.82, 2.24) is 30.0 Å². The number of aromatic nitrogens is 5. The minimum absolute atomic E-state index is 0.162. The van der Waals surface area contributed by atoms with Gasteiger partial charge < -0.3 is 19.7 Å². The Morgan fingerprint density at radius 2 is 2.00 bits per heavy atom. The summed E-state index contributed by atoms with van der Waals surface area (Å²) in [6, 6.07) is 2.52. The van der Waals surface area contributed by atoms with Gasteiger partial charge in [0.2, 0.25) is 11.8 Å². The first-order valence-corrected chi connectivity index (χ1v) is 11.7. The van der Waals surface area contributed by atoms with Gasteiger partial charge >= 0.3 is 6.18 Å². The van der Waals surface area contributed by atoms with Gasteiger partial charge in [0, 0.05) is 37.1 Å². The van der Waals surface area contributed by atoms with Gasteiger partial charge in [-0.1, -0.05) is 13.3 Å². The smallest absolute Gasteiger partial charge is 0.347 e. The highest BCUT2D eigenvalue weighted by molar-refractivity contribution is 7.18. The molecule has 172 valence electrons. The number of anilines is 2. The number of thiophene rings is 1. The average Bonchev–Trinajstić information content (AvgIpc) is 3.49. The van der Waals surface area contributed by atoms with Gasteiger partial charge in [0.25, 0.3) is 0 Å². The Bertz CT molecular complexity index is 1120. The van der Waals surface area contributed by atoms with Crippen LogP contribution in [0, 0.1) is 0 Å². The Kier molecular flexibility index (Phi) is 5.44. The van der Waals surface area contributed by atoms with Crippen molar-refractivity contribution in [3.05, 3.63) is 22.6 Å². The third-order valence-corrected chi connectivity index (χ3v) is 7.18. The molecule has 32 heavy (non-hydrogen) atoms. The SMILES string of the molecule is CCCc1cc2c(N3CCn4c(nnc4C(F)(F)F)C3)nc(N3CCC(NC)C3)nc2s1. The number of likely N-dealkylation sites (N-methyl/N-ethyl adjacent to an activating group) is 1. The lowest BCUT2D eigenvalue weighted by Gasteiger charge is -2.30. The van der Waals surface area contributed by atoms with Crippen LogP contribution in [0.15, 0.2) is 6.07 Å². The molecular formula is C20H25F3N8S. The van der Waals surface area contributed by atoms with Gasteiger partial charge in [-0.05, 0) is 26.0 Å². The maximum absolute atomic E-state index is 13.2. The molecule has 1 atom stereocenters. The van der Waals surface area contributed by atoms with Gasteiger partial charge in [-0.25, -0.2) is 4.98 Å². The van der Waals surface area contributed by atoms with E-state index in [1.165, 1.54) is 9.44 Å². The molecule has 2 aliphatic rings. The summed E-state index contributed by atoms with van der Waals surface area (Å²) in [6.45, 7) is 4.63. The van der Waals surface area contributed by atoms with E-state index >= 15 is 0 Å². The summed E-state index contributed by atoms with van der Waals surface area (Å²) < 4.78 is 40.9. The fraction of sp³-hybridized carbons (Fsp3) is 0.600. The molecule has 0 aromatic carbocycles. The summed E-state index contributed by atoms with van der Waals surface area (Å²) in [5.41, 5.74) is 0. The summed E-state index contributed by atoms with van der Waals surface area (Å²) in [6.07, 6.45) is -1.49. The van der Waals surface area contributed by atoms with Crippen LogP contribution < -0.4 is 15.1 Å². The Hall–Kier alpha value is -2.47. The molecule has 5 rings (SSSR count). The highest BCUT2D eigenvalue weighted by atomic mass is 32.1. The Balaban J connectivity index is 1.53. The van der Waals surface area contributed by atoms with Gasteiger partial charge in [0.05, 0.1) is 11.9 Å². The third-order valence-electron chi connectivity index (χ3n) is 6.09. The Morgan fingerprint density at radius 1 is 1.16 bits per heavy atom. The largest absolute Gasteiger partial charge is 0.451 e. The van der Waals surface area contributed by atoms with Crippen molar-refractivity contribution in [3.63, 3.8) is 0 Å². The van der Waals surface area contributed by atoms with Crippen LogP contribution in [0.5, 0.6) is 0 Å². The van der Waals surface area contributed by atoms with E-state index in [1.807, 2.05) is 11.9 Å². The van der Waals surface area contributed by atoms with Gasteiger partial charge in [0.15, 0.2) is 5.82 Å². The molecule has 2 aliphatic heterocycles. The van der Waals surface area contributed by atoms with E-state index in [1.54, 1.807) is 11.3 Å². The van der Waals surface area contributed by atoms with Gasteiger partial charge in [-0.2, -0.15) is 18.2 Å². The molecular weight excluding hydrogens is 441 g/mol. The third kappa shape index (κ3) is 3.79. The van der Waals surface area contributed by atoms with E-state index in [0.717, 1.165) is 48.4 Å². The molecule has 0 aliphatic carbocycles. The summed E-state index contributed by atoms with van der Waals surface area (Å²) in [5, 5.41) is 11.5. The van der Waals surface area contributed by atoms with Crippen molar-refractivity contribution in [2.75, 3.05) is 36.5 Å². The zero-order chi connectivity index (χ0) is 22.5. The number of nitrogens with zero attached hydrogens (tertiary/aromatic N) is 7. The predicted octanol–water partition coefficient (Wildman–Crippen LogP) is 3.07. The molecule has 3 aromatic rings. The van der Waals surface area contributed by atoms with Crippen LogP contribution in [0.2, 0.25) is 0 Å². The van der Waals surface area contributed by atoms with Crippen LogP contribution in [0.4, 0.5) is 24.9 Å². The van der Waals surface area contributed by atoms with Gasteiger partial charge in [-0.15, -0.1) is 21.5 Å². The molecule has 1 N–H and O–H groups in total. The standard InChI is InChI=1S/C20H25F3N8S/c1-3-4-13-9-14-16(25-19(26-17(14)32-13)30-6-5-12(10-30)24-2)29-7-8-31-15(11-29)27-28-18(31)20(21,22)23/h9,12,24H,3-8,10-11H2,1-2H3. The molecule has 0 saturated carbocycles. The van der Waals surface area contributed by atoms with E-state index in [-0.39, 0.29) is 13.1 Å². The second kappa shape index (κ2) is 8.14. The van der Waals surface area contributed by atoms with Gasteiger partial charge in [0.1, 0.15) is 10.6 Å². The average molecular weight is 467 g/mol. The normalized spacial score (nSPS) is 19.2. The van der Waals surface area contributed by atoms with Crippen LogP contribution in [0.3, 0.4) is 0 Å². The zero-order valence-electron chi connectivity index (χ0n) is 18.0. The first-order valence-electron chi connectivity index (χ1n) is 10.8. The topological polar surface area (TPSA) is 75.0 Å². The van der Waals surface area contributed by atoms with Crippen LogP contribution in [-0.2, 0) is 25.7 Å². The van der Waals surface area contributed by atoms with E-state index in [4.69, 9.17) is 9.97 Å². The van der Waals surface area contributed by atoms with Crippen molar-refractivity contribution in [3.8, 4) is 0 Å². The van der Waals surface area contributed by atoms with E-state index < -0.39 is 12.0 Å². The maximum atomic E-state index is 13.2. The predicted molar refractivity (Wildman–Crippen MR) is 117 cm³/mol. The molecule has 0 spiro atoms. The minimum atomic E-state index is -4.51. The summed E-state index contributed by atoms with van der Waals surface area (Å²) >= 11 is 1.67. The summed E-state index contributed by atoms with van der Waals surface area (Å²) in [7, 11) is 1.96. The highest BCUT2D eigenvalue weighted by Gasteiger charge is 2.40. The molecule has 8 nitrogen and oxygen atoms in total. The first-order chi connectivity index (χ1) is 15.4. The first kappa shape index (κ1) is 21.4. The Labute approximate surface area is 187 Å². The highest BCUT2D eigenvalue weighted by Crippen LogP contribution is 2.36. The molecule has 0 radical (unpaired) electrons. The van der Waals surface area contributed by atoms with E-state index in [2.05, 4.69) is 33.4 Å². The molecule has 1 fully saturated rings. The number of hydrogen-bond acceptors (Lipinski definition) is 8. The minimum Gasteiger partial charge on any atom is -0.347 e. The fourth-order valence-electron chi connectivity index (χ4n) is 4.42. The number of hydrogen-bond donors (Lipinski definition) is 1. The maximum Gasteiger partial charge on any atom is 0.451 e. The number of aryl methyl sites for hydroxylation is 1. The molecule has 12 heteroatoms. The summed E-state index contributed by atoms with van der Waals surface area (Å²) in [5.74, 6) is 0.811. The molecule has 0 amide bonds. The molecule has 5 heterocycles. The number of alkyl halides is 3. The number of nitrogens with one attached hydrogen (secondary N) is 1. The van der Waals surface area contributed by atoms with Gasteiger partial charge in [-0.3, -0.25) is 0 Å². The lowest BCUT2D eigenvalue weighted by Crippen LogP contribution is -2.36. The monoisotopic (exact) mass is 466 g/mol. The molecule has 0 bridgehead atoms. The lowest BCUT2D eigenvalue weighted by atomic mass is 10.2. The summed E-state index contributed by atoms with van der Waals surface area (Å²) in [4.78, 5) is 16.1. The fourth-order valence-corrected chi connectivity index (χ4v) is 5.54. The van der Waals surface area contributed by atoms with Crippen molar-refractivity contribution in [1.29, 1.82) is 0 Å². The van der Waals surface area contributed by atoms with Crippen LogP contribution in [0.1, 0.15) is 36.3 Å². The van der Waals surface area contributed by atoms with Crippen LogP contribution in [-0.4, -0.2) is 57.5 Å². The quantitative estimate of drug-likeness (QED) is 0.619. The molecule has 3 aromatic heterocycles.